The predicted octanol–water partition coefficient (Wildman–Crippen LogP) is 19.0. The number of aromatic nitrogens is 3. The minimum absolute atomic E-state index is 0.00710. The molecule has 3 aromatic heterocycles. The van der Waals surface area contributed by atoms with Crippen molar-refractivity contribution >= 4 is 43.6 Å². The van der Waals surface area contributed by atoms with E-state index in [1.54, 1.807) is 89.5 Å². The molecule has 3 nitrogen and oxygen atoms in total. The molecule has 0 atom stereocenters. The molecule has 0 radical (unpaired) electrons. The summed E-state index contributed by atoms with van der Waals surface area (Å²) in [6.45, 7) is 0. The van der Waals surface area contributed by atoms with Crippen LogP contribution in [-0.4, -0.2) is 14.1 Å². The lowest BCUT2D eigenvalue weighted by atomic mass is 9.95. The lowest BCUT2D eigenvalue weighted by Gasteiger charge is -2.22. The minimum atomic E-state index is -5.25. The van der Waals surface area contributed by atoms with Crippen LogP contribution in [0.1, 0.15) is 27.8 Å². The number of alkyl halides is 15. The summed E-state index contributed by atoms with van der Waals surface area (Å²) in [5.74, 6) is 0. The van der Waals surface area contributed by atoms with Crippen LogP contribution in [0, 0.1) is 0 Å². The molecule has 382 valence electrons. The van der Waals surface area contributed by atoms with Crippen molar-refractivity contribution in [3.63, 3.8) is 0 Å². The van der Waals surface area contributed by atoms with E-state index in [4.69, 9.17) is 0 Å². The highest BCUT2D eigenvalue weighted by atomic mass is 19.4. The molecule has 0 aliphatic carbocycles. The Labute approximate surface area is 419 Å². The highest BCUT2D eigenvalue weighted by Crippen LogP contribution is 2.48. The van der Waals surface area contributed by atoms with Gasteiger partial charge in [-0.05, 0) is 107 Å². The van der Waals surface area contributed by atoms with Crippen molar-refractivity contribution in [3.8, 4) is 56.1 Å². The van der Waals surface area contributed by atoms with Crippen molar-refractivity contribution in [1.29, 1.82) is 0 Å². The normalized spacial score (nSPS) is 12.9. The van der Waals surface area contributed by atoms with E-state index >= 15 is 13.2 Å². The van der Waals surface area contributed by atoms with Gasteiger partial charge in [0, 0.05) is 32.7 Å². The Morgan fingerprint density at radius 1 is 0.276 bits per heavy atom. The number of para-hydroxylation sites is 2. The Hall–Kier alpha value is -8.54. The zero-order valence-corrected chi connectivity index (χ0v) is 38.3. The third-order valence-electron chi connectivity index (χ3n) is 13.3. The number of hydrogen-bond donors (Lipinski definition) is 0. The fourth-order valence-electron chi connectivity index (χ4n) is 9.95. The third kappa shape index (κ3) is 8.64. The fourth-order valence-corrected chi connectivity index (χ4v) is 9.95. The molecular formula is C58H30F15N3. The molecule has 0 saturated carbocycles. The van der Waals surface area contributed by atoms with Crippen molar-refractivity contribution in [1.82, 2.24) is 14.1 Å². The van der Waals surface area contributed by atoms with Gasteiger partial charge in [0.2, 0.25) is 0 Å². The summed E-state index contributed by atoms with van der Waals surface area (Å²) in [5, 5.41) is 1.15. The highest BCUT2D eigenvalue weighted by molar-refractivity contribution is 6.13. The number of nitrogens with zero attached hydrogens (tertiary/aromatic N) is 3. The summed E-state index contributed by atoms with van der Waals surface area (Å²) >= 11 is 0. The summed E-state index contributed by atoms with van der Waals surface area (Å²) in [5.41, 5.74) is -7.64. The molecule has 76 heavy (non-hydrogen) atoms. The number of halogens is 15. The Kier molecular flexibility index (Phi) is 11.5. The van der Waals surface area contributed by atoms with Crippen LogP contribution in [0.25, 0.3) is 99.8 Å². The molecule has 0 saturated heterocycles. The SMILES string of the molecule is FC(F)(F)c1ccc(-c2ccc3c(c2)c2ccccc2n3-c2cc(-c3cccc(-c4ccccc4)n3)c(C(F)(F)F)cc2-n2c3ccccc3c3cc(-c4ccc(C(F)(F)F)cc4C(F)(F)F)ccc32)c(C(F)(F)F)c1. The van der Waals surface area contributed by atoms with Gasteiger partial charge in [-0.3, -0.25) is 0 Å². The van der Waals surface area contributed by atoms with Gasteiger partial charge >= 0.3 is 30.9 Å². The molecule has 0 fully saturated rings. The number of pyridine rings is 1. The van der Waals surface area contributed by atoms with Crippen LogP contribution < -0.4 is 0 Å². The summed E-state index contributed by atoms with van der Waals surface area (Å²) in [6, 6.07) is 38.4. The van der Waals surface area contributed by atoms with Crippen molar-refractivity contribution in [2.24, 2.45) is 0 Å². The van der Waals surface area contributed by atoms with Gasteiger partial charge in [-0.1, -0.05) is 97.1 Å². The molecule has 0 aliphatic heterocycles. The first kappa shape index (κ1) is 49.7. The van der Waals surface area contributed by atoms with Gasteiger partial charge in [0.05, 0.1) is 72.6 Å². The molecule has 0 bridgehead atoms. The molecule has 3 heterocycles. The molecular weight excluding hydrogens is 1020 g/mol. The van der Waals surface area contributed by atoms with Gasteiger partial charge in [-0.25, -0.2) is 4.98 Å². The quantitative estimate of drug-likeness (QED) is 0.152. The molecule has 0 spiro atoms. The first-order valence-corrected chi connectivity index (χ1v) is 22.8. The summed E-state index contributed by atoms with van der Waals surface area (Å²) in [6.07, 6.45) is -25.8. The summed E-state index contributed by atoms with van der Waals surface area (Å²) in [7, 11) is 0. The van der Waals surface area contributed by atoms with Crippen LogP contribution in [0.4, 0.5) is 65.9 Å². The van der Waals surface area contributed by atoms with E-state index in [0.717, 1.165) is 12.1 Å². The first-order valence-electron chi connectivity index (χ1n) is 22.8. The molecule has 0 unspecified atom stereocenters. The number of rotatable bonds is 6. The number of benzene rings is 8. The lowest BCUT2D eigenvalue weighted by molar-refractivity contribution is -0.144. The Morgan fingerprint density at radius 3 is 1.14 bits per heavy atom. The molecule has 11 rings (SSSR count). The topological polar surface area (TPSA) is 22.8 Å². The standard InChI is InChI=1S/C58H30F15N3/c59-54(60,61)34-19-21-36(43(27-34)56(65,66)67)32-17-23-50-40(25-32)38-11-4-6-15-48(38)75(50)52-29-42(47-14-8-13-46(74-47)31-9-2-1-3-10-31)45(58(71,72)73)30-53(52)76-49-16-7-5-12-39(49)41-26-33(18-24-51(41)76)37-22-20-35(55(62,63)64)28-44(37)57(68,69)70/h1-30H. The number of fused-ring (bicyclic) bond motifs is 6. The highest BCUT2D eigenvalue weighted by Gasteiger charge is 2.41. The van der Waals surface area contributed by atoms with Crippen molar-refractivity contribution in [2.75, 3.05) is 0 Å². The van der Waals surface area contributed by atoms with Crippen LogP contribution in [0.2, 0.25) is 0 Å². The van der Waals surface area contributed by atoms with Gasteiger partial charge in [0.1, 0.15) is 0 Å². The van der Waals surface area contributed by atoms with E-state index < -0.39 is 75.4 Å². The van der Waals surface area contributed by atoms with Crippen molar-refractivity contribution in [3.05, 3.63) is 210 Å². The Morgan fingerprint density at radius 2 is 0.684 bits per heavy atom. The monoisotopic (exact) mass is 1050 g/mol. The van der Waals surface area contributed by atoms with Crippen LogP contribution in [0.5, 0.6) is 0 Å². The lowest BCUT2D eigenvalue weighted by Crippen LogP contribution is -2.12. The zero-order chi connectivity index (χ0) is 53.9. The van der Waals surface area contributed by atoms with Gasteiger partial charge in [0.15, 0.2) is 0 Å². The second kappa shape index (κ2) is 17.5. The Balaban J connectivity index is 1.23. The minimum Gasteiger partial charge on any atom is -0.307 e. The van der Waals surface area contributed by atoms with Gasteiger partial charge in [-0.2, -0.15) is 65.9 Å². The average molecular weight is 1050 g/mol. The van der Waals surface area contributed by atoms with Crippen molar-refractivity contribution in [2.45, 2.75) is 30.9 Å². The maximum atomic E-state index is 15.9. The molecule has 11 aromatic rings. The van der Waals surface area contributed by atoms with Gasteiger partial charge in [-0.15, -0.1) is 0 Å². The van der Waals surface area contributed by atoms with E-state index in [-0.39, 0.29) is 67.7 Å². The van der Waals surface area contributed by atoms with Crippen LogP contribution in [-0.2, 0) is 30.9 Å². The van der Waals surface area contributed by atoms with E-state index in [1.807, 2.05) is 0 Å². The smallest absolute Gasteiger partial charge is 0.307 e. The zero-order valence-electron chi connectivity index (χ0n) is 38.3. The van der Waals surface area contributed by atoms with Crippen molar-refractivity contribution < 1.29 is 65.9 Å². The van der Waals surface area contributed by atoms with Gasteiger partial charge in [0.25, 0.3) is 0 Å². The predicted molar refractivity (Wildman–Crippen MR) is 260 cm³/mol. The van der Waals surface area contributed by atoms with E-state index in [2.05, 4.69) is 4.98 Å². The molecule has 0 N–H and O–H groups in total. The molecule has 8 aromatic carbocycles. The second-order valence-corrected chi connectivity index (χ2v) is 17.8. The van der Waals surface area contributed by atoms with Crippen LogP contribution >= 0.6 is 0 Å². The molecule has 0 amide bonds. The van der Waals surface area contributed by atoms with Crippen LogP contribution in [0.3, 0.4) is 0 Å². The maximum Gasteiger partial charge on any atom is 0.417 e. The number of hydrogen-bond acceptors (Lipinski definition) is 1. The van der Waals surface area contributed by atoms with E-state index in [1.165, 1.54) is 59.2 Å². The molecule has 0 aliphatic rings. The first-order chi connectivity index (χ1) is 35.9. The summed E-state index contributed by atoms with van der Waals surface area (Å²) in [4.78, 5) is 4.68. The second-order valence-electron chi connectivity index (χ2n) is 17.8. The van der Waals surface area contributed by atoms with Gasteiger partial charge < -0.3 is 9.13 Å². The Bertz CT molecular complexity index is 4100. The maximum absolute atomic E-state index is 15.9. The van der Waals surface area contributed by atoms with Crippen LogP contribution in [0.15, 0.2) is 182 Å². The summed E-state index contributed by atoms with van der Waals surface area (Å²) < 4.78 is 221. The average Bonchev–Trinajstić information content (AvgIpc) is 3.96. The fraction of sp³-hybridized carbons (Fsp3) is 0.0862. The molecule has 18 heteroatoms. The largest absolute Gasteiger partial charge is 0.417 e. The van der Waals surface area contributed by atoms with E-state index in [9.17, 15) is 52.7 Å². The van der Waals surface area contributed by atoms with E-state index in [0.29, 0.717) is 45.7 Å². The third-order valence-corrected chi connectivity index (χ3v) is 13.3.